The summed E-state index contributed by atoms with van der Waals surface area (Å²) in [5.41, 5.74) is 1.19. The molecule has 2 aliphatic heterocycles. The van der Waals surface area contributed by atoms with Crippen molar-refractivity contribution >= 4 is 39.3 Å². The molecule has 13 heteroatoms. The van der Waals surface area contributed by atoms with Crippen molar-refractivity contribution in [1.82, 2.24) is 14.5 Å². The number of hydrogen-bond acceptors (Lipinski definition) is 6. The Morgan fingerprint density at radius 3 is 2.37 bits per heavy atom. The number of likely N-dealkylation sites (N-methyl/N-ethyl adjacent to an activating group) is 1. The summed E-state index contributed by atoms with van der Waals surface area (Å²) in [4.78, 5) is 27.9. The maximum atomic E-state index is 15.6. The summed E-state index contributed by atoms with van der Waals surface area (Å²) in [6, 6.07) is 17.8. The number of ether oxygens (including phenoxy) is 1. The van der Waals surface area contributed by atoms with Gasteiger partial charge in [0.25, 0.3) is 0 Å². The van der Waals surface area contributed by atoms with Crippen LogP contribution in [0.25, 0.3) is 0 Å². The van der Waals surface area contributed by atoms with Crippen LogP contribution in [0.2, 0.25) is 5.02 Å². The predicted molar refractivity (Wildman–Crippen MR) is 187 cm³/mol. The topological polar surface area (TPSA) is 128 Å². The number of anilines is 1. The van der Waals surface area contributed by atoms with Gasteiger partial charge in [-0.1, -0.05) is 54.9 Å². The third-order valence-electron chi connectivity index (χ3n) is 9.73. The largest absolute Gasteiger partial charge is 0.465 e. The van der Waals surface area contributed by atoms with Crippen molar-refractivity contribution in [3.8, 4) is 0 Å². The minimum Gasteiger partial charge on any atom is -0.465 e. The average molecular weight is 715 g/mol. The van der Waals surface area contributed by atoms with Crippen LogP contribution in [0.4, 0.5) is 14.9 Å². The number of amides is 2. The van der Waals surface area contributed by atoms with Gasteiger partial charge in [0.05, 0.1) is 4.90 Å². The van der Waals surface area contributed by atoms with Gasteiger partial charge in [-0.25, -0.2) is 17.6 Å². The third-order valence-corrected chi connectivity index (χ3v) is 12.0. The van der Waals surface area contributed by atoms with Crippen LogP contribution >= 0.6 is 11.6 Å². The molecule has 0 spiro atoms. The molecule has 3 aromatic rings. The van der Waals surface area contributed by atoms with Crippen LogP contribution in [-0.4, -0.2) is 86.2 Å². The number of hydrogen-bond donors (Lipinski definition) is 3. The van der Waals surface area contributed by atoms with E-state index < -0.39 is 45.8 Å². The third kappa shape index (κ3) is 8.43. The summed E-state index contributed by atoms with van der Waals surface area (Å²) in [6.45, 7) is 3.80. The molecule has 2 saturated heterocycles. The Morgan fingerprint density at radius 1 is 1.04 bits per heavy atom. The van der Waals surface area contributed by atoms with E-state index in [1.165, 1.54) is 19.2 Å². The molecule has 3 aromatic carbocycles. The fourth-order valence-corrected chi connectivity index (χ4v) is 9.23. The predicted octanol–water partition coefficient (Wildman–Crippen LogP) is 5.98. The van der Waals surface area contributed by atoms with Gasteiger partial charge in [0.15, 0.2) is 0 Å². The highest BCUT2D eigenvalue weighted by molar-refractivity contribution is 7.89. The summed E-state index contributed by atoms with van der Waals surface area (Å²) < 4.78 is 50.5. The Labute approximate surface area is 292 Å². The van der Waals surface area contributed by atoms with E-state index in [9.17, 15) is 23.1 Å². The molecule has 2 heterocycles. The van der Waals surface area contributed by atoms with E-state index in [0.29, 0.717) is 50.6 Å². The van der Waals surface area contributed by atoms with E-state index in [1.807, 2.05) is 19.1 Å². The Morgan fingerprint density at radius 2 is 1.71 bits per heavy atom. The van der Waals surface area contributed by atoms with Gasteiger partial charge < -0.3 is 20.5 Å². The van der Waals surface area contributed by atoms with Crippen molar-refractivity contribution in [2.75, 3.05) is 38.7 Å². The smallest absolute Gasteiger partial charge is 0.407 e. The van der Waals surface area contributed by atoms with Crippen LogP contribution in [-0.2, 0) is 26.0 Å². The lowest BCUT2D eigenvalue weighted by Gasteiger charge is -2.41. The molecule has 2 fully saturated rings. The molecule has 2 aliphatic rings. The number of nitrogens with one attached hydrogen (secondary N) is 2. The van der Waals surface area contributed by atoms with Crippen molar-refractivity contribution in [2.24, 2.45) is 5.92 Å². The zero-order valence-electron chi connectivity index (χ0n) is 27.7. The van der Waals surface area contributed by atoms with Crippen LogP contribution in [0.1, 0.15) is 49.7 Å². The van der Waals surface area contributed by atoms with E-state index in [1.54, 1.807) is 52.8 Å². The fraction of sp³-hybridized carbons (Fsp3) is 0.444. The average Bonchev–Trinajstić information content (AvgIpc) is 3.11. The van der Waals surface area contributed by atoms with E-state index in [4.69, 9.17) is 16.3 Å². The second-order valence-corrected chi connectivity index (χ2v) is 15.0. The van der Waals surface area contributed by atoms with Gasteiger partial charge in [0, 0.05) is 67.6 Å². The van der Waals surface area contributed by atoms with Crippen molar-refractivity contribution in [3.63, 3.8) is 0 Å². The first-order chi connectivity index (χ1) is 23.5. The normalized spacial score (nSPS) is 20.3. The molecular formula is C36H44ClFN4O6S. The monoisotopic (exact) mass is 714 g/mol. The van der Waals surface area contributed by atoms with Crippen molar-refractivity contribution < 1.29 is 32.2 Å². The molecule has 0 bridgehead atoms. The van der Waals surface area contributed by atoms with Gasteiger partial charge in [-0.3, -0.25) is 9.69 Å². The Kier molecular flexibility index (Phi) is 12.3. The number of carboxylic acid groups (broad SMARTS) is 1. The molecule has 264 valence electrons. The second kappa shape index (κ2) is 16.4. The molecule has 0 aliphatic carbocycles. The number of benzene rings is 3. The summed E-state index contributed by atoms with van der Waals surface area (Å²) >= 11 is 6.18. The lowest BCUT2D eigenvalue weighted by atomic mass is 9.76. The number of carbonyl (C=O) groups is 2. The Balaban J connectivity index is 1.44. The molecule has 0 radical (unpaired) electrons. The Bertz CT molecular complexity index is 1690. The second-order valence-electron chi connectivity index (χ2n) is 12.7. The molecule has 10 nitrogen and oxygen atoms in total. The quantitative estimate of drug-likeness (QED) is 0.211. The molecule has 5 rings (SSSR count). The van der Waals surface area contributed by atoms with Crippen LogP contribution in [0, 0.1) is 11.7 Å². The first-order valence-electron chi connectivity index (χ1n) is 16.7. The van der Waals surface area contributed by atoms with Crippen LogP contribution < -0.4 is 10.6 Å². The summed E-state index contributed by atoms with van der Waals surface area (Å²) in [6.07, 6.45) is 0.995. The maximum Gasteiger partial charge on any atom is 0.407 e. The standard InChI is InChI=1S/C36H44ClFN4O6S/c1-3-27-22-39-23-28(42(27)49(46,47)29-8-5-4-6-9-29)16-17-30-31(38)10-7-11-32(30)40-35(43)34(41(2)36(44)45)33(25-18-20-48-21-19-25)24-12-14-26(37)15-13-24/h4-15,25,27-28,33-34,39H,3,16-23H2,1-2H3,(H,40,43)(H,44,45)/t27-,28+,33+,34+/m1/s1. The van der Waals surface area contributed by atoms with Crippen molar-refractivity contribution in [2.45, 2.75) is 68.0 Å². The van der Waals surface area contributed by atoms with E-state index in [2.05, 4.69) is 10.6 Å². The first-order valence-corrected chi connectivity index (χ1v) is 18.5. The number of rotatable bonds is 12. The Hall–Kier alpha value is -3.55. The van der Waals surface area contributed by atoms with Crippen molar-refractivity contribution in [1.29, 1.82) is 0 Å². The van der Waals surface area contributed by atoms with Gasteiger partial charge >= 0.3 is 6.09 Å². The summed E-state index contributed by atoms with van der Waals surface area (Å²) in [5.74, 6) is -1.74. The molecule has 0 unspecified atom stereocenters. The lowest BCUT2D eigenvalue weighted by Crippen LogP contribution is -2.59. The highest BCUT2D eigenvalue weighted by Crippen LogP contribution is 2.38. The fourth-order valence-electron chi connectivity index (χ4n) is 7.17. The molecule has 3 N–H and O–H groups in total. The summed E-state index contributed by atoms with van der Waals surface area (Å²) in [5, 5.41) is 16.9. The molecular weight excluding hydrogens is 671 g/mol. The number of halogens is 2. The zero-order valence-corrected chi connectivity index (χ0v) is 29.3. The van der Waals surface area contributed by atoms with Crippen molar-refractivity contribution in [3.05, 3.63) is 94.8 Å². The number of piperazine rings is 1. The number of nitrogens with zero attached hydrogens (tertiary/aromatic N) is 2. The molecule has 0 saturated carbocycles. The minimum atomic E-state index is -3.84. The molecule has 2 amide bonds. The summed E-state index contributed by atoms with van der Waals surface area (Å²) in [7, 11) is -2.48. The van der Waals surface area contributed by atoms with Gasteiger partial charge in [-0.15, -0.1) is 0 Å². The zero-order chi connectivity index (χ0) is 35.1. The van der Waals surface area contributed by atoms with E-state index in [0.717, 1.165) is 10.5 Å². The number of sulfonamides is 1. The van der Waals surface area contributed by atoms with Gasteiger partial charge in [0.1, 0.15) is 11.9 Å². The lowest BCUT2D eigenvalue weighted by molar-refractivity contribution is -0.122. The van der Waals surface area contributed by atoms with Gasteiger partial charge in [0.2, 0.25) is 15.9 Å². The molecule has 4 atom stereocenters. The van der Waals surface area contributed by atoms with Gasteiger partial charge in [-0.05, 0) is 80.0 Å². The highest BCUT2D eigenvalue weighted by Gasteiger charge is 2.42. The minimum absolute atomic E-state index is 0.0673. The molecule has 0 aromatic heterocycles. The van der Waals surface area contributed by atoms with Crippen LogP contribution in [0.15, 0.2) is 77.7 Å². The van der Waals surface area contributed by atoms with E-state index in [-0.39, 0.29) is 40.9 Å². The van der Waals surface area contributed by atoms with Gasteiger partial charge in [-0.2, -0.15) is 4.31 Å². The van der Waals surface area contributed by atoms with E-state index >= 15 is 4.39 Å². The first kappa shape index (κ1) is 36.7. The van der Waals surface area contributed by atoms with Crippen LogP contribution in [0.3, 0.4) is 0 Å². The number of carbonyl (C=O) groups excluding carboxylic acids is 1. The SMILES string of the molecule is CC[C@@H]1CNC[C@H](CCc2c(F)cccc2NC(=O)[C@H]([C@@H](c2ccc(Cl)cc2)C2CCOCC2)N(C)C(=O)O)N1S(=O)(=O)c1ccccc1. The van der Waals surface area contributed by atoms with Crippen LogP contribution in [0.5, 0.6) is 0 Å². The maximum absolute atomic E-state index is 15.6. The highest BCUT2D eigenvalue weighted by atomic mass is 35.5. The molecule has 49 heavy (non-hydrogen) atoms.